The molecule has 6 heteroatoms. The Morgan fingerprint density at radius 3 is 3.00 bits per heavy atom. The second-order valence-electron chi connectivity index (χ2n) is 4.73. The predicted molar refractivity (Wildman–Crippen MR) is 69.9 cm³/mol. The number of aryl methyl sites for hydroxylation is 2. The molecule has 1 aliphatic rings. The Bertz CT molecular complexity index is 582. The van der Waals surface area contributed by atoms with Crippen molar-refractivity contribution in [2.45, 2.75) is 19.4 Å². The van der Waals surface area contributed by atoms with Crippen LogP contribution in [0, 0.1) is 6.92 Å². The van der Waals surface area contributed by atoms with Gasteiger partial charge in [-0.05, 0) is 19.4 Å². The van der Waals surface area contributed by atoms with Crippen LogP contribution in [0.1, 0.15) is 21.8 Å². The summed E-state index contributed by atoms with van der Waals surface area (Å²) in [4.78, 5) is 15.8. The molecule has 1 fully saturated rings. The highest BCUT2D eigenvalue weighted by molar-refractivity contribution is 7.20. The summed E-state index contributed by atoms with van der Waals surface area (Å²) in [5, 5.41) is 14.8. The van der Waals surface area contributed by atoms with Crippen LogP contribution in [0.25, 0.3) is 10.2 Å². The Hall–Kier alpha value is -1.40. The molecule has 96 valence electrons. The Morgan fingerprint density at radius 1 is 1.61 bits per heavy atom. The number of thiophene rings is 1. The first-order valence-corrected chi connectivity index (χ1v) is 6.78. The fraction of sp³-hybridized carbons (Fsp3) is 0.500. The molecule has 2 aromatic heterocycles. The monoisotopic (exact) mass is 265 g/mol. The third kappa shape index (κ3) is 1.72. The zero-order valence-electron chi connectivity index (χ0n) is 10.4. The summed E-state index contributed by atoms with van der Waals surface area (Å²) in [6.45, 7) is 3.04. The van der Waals surface area contributed by atoms with Gasteiger partial charge in [0.05, 0.1) is 16.7 Å². The number of aromatic nitrogens is 2. The summed E-state index contributed by atoms with van der Waals surface area (Å²) in [6, 6.07) is 1.91. The molecular formula is C12H15N3O2S. The van der Waals surface area contributed by atoms with Gasteiger partial charge in [0.25, 0.3) is 5.91 Å². The van der Waals surface area contributed by atoms with E-state index in [1.54, 1.807) is 4.90 Å². The van der Waals surface area contributed by atoms with Gasteiger partial charge < -0.3 is 10.0 Å². The number of hydrogen-bond donors (Lipinski definition) is 1. The molecule has 0 aromatic carbocycles. The molecule has 1 saturated heterocycles. The van der Waals surface area contributed by atoms with E-state index in [-0.39, 0.29) is 12.0 Å². The number of β-amino-alcohol motifs (C(OH)–C–C–N with tert-alkyl or cyclic N) is 1. The van der Waals surface area contributed by atoms with Crippen molar-refractivity contribution >= 4 is 27.5 Å². The molecule has 1 aliphatic heterocycles. The number of carbonyl (C=O) groups excluding carboxylic acids is 1. The van der Waals surface area contributed by atoms with Crippen molar-refractivity contribution in [3.63, 3.8) is 0 Å². The summed E-state index contributed by atoms with van der Waals surface area (Å²) in [5.74, 6) is 0.0205. The van der Waals surface area contributed by atoms with Gasteiger partial charge in [0, 0.05) is 25.5 Å². The minimum atomic E-state index is -0.369. The fourth-order valence-electron chi connectivity index (χ4n) is 2.39. The number of likely N-dealkylation sites (tertiary alicyclic amines) is 1. The Balaban J connectivity index is 1.94. The van der Waals surface area contributed by atoms with Crippen LogP contribution in [0.3, 0.4) is 0 Å². The number of carbonyl (C=O) groups is 1. The summed E-state index contributed by atoms with van der Waals surface area (Å²) in [7, 11) is 1.89. The van der Waals surface area contributed by atoms with Crippen molar-refractivity contribution in [1.29, 1.82) is 0 Å². The molecule has 5 nitrogen and oxygen atoms in total. The van der Waals surface area contributed by atoms with Gasteiger partial charge in [-0.2, -0.15) is 5.10 Å². The molecule has 2 aromatic rings. The van der Waals surface area contributed by atoms with Crippen LogP contribution in [0.4, 0.5) is 0 Å². The first-order chi connectivity index (χ1) is 8.56. The van der Waals surface area contributed by atoms with Crippen LogP contribution in [0.15, 0.2) is 6.07 Å². The van der Waals surface area contributed by atoms with Gasteiger partial charge >= 0.3 is 0 Å². The second-order valence-corrected chi connectivity index (χ2v) is 5.76. The third-order valence-corrected chi connectivity index (χ3v) is 4.55. The van der Waals surface area contributed by atoms with E-state index < -0.39 is 0 Å². The van der Waals surface area contributed by atoms with Crippen molar-refractivity contribution in [2.24, 2.45) is 7.05 Å². The van der Waals surface area contributed by atoms with Gasteiger partial charge in [0.15, 0.2) is 0 Å². The molecule has 0 unspecified atom stereocenters. The normalized spacial score (nSPS) is 19.9. The number of aliphatic hydroxyl groups is 1. The number of nitrogens with zero attached hydrogens (tertiary/aromatic N) is 3. The largest absolute Gasteiger partial charge is 0.391 e. The number of aliphatic hydroxyl groups excluding tert-OH is 1. The first-order valence-electron chi connectivity index (χ1n) is 5.96. The standard InChI is InChI=1S/C12H15N3O2S/c1-7-9-5-10(18-12(9)14(2)13-7)11(17)15-4-3-8(16)6-15/h5,8,16H,3-4,6H2,1-2H3/t8-/m1/s1. The number of amides is 1. The van der Waals surface area contributed by atoms with Crippen molar-refractivity contribution in [3.05, 3.63) is 16.6 Å². The Labute approximate surface area is 109 Å². The maximum atomic E-state index is 12.3. The molecule has 1 atom stereocenters. The van der Waals surface area contributed by atoms with E-state index in [9.17, 15) is 9.90 Å². The molecule has 0 saturated carbocycles. The van der Waals surface area contributed by atoms with E-state index in [0.717, 1.165) is 20.8 Å². The molecule has 0 radical (unpaired) electrons. The average Bonchev–Trinajstić information content (AvgIpc) is 2.98. The van der Waals surface area contributed by atoms with E-state index in [2.05, 4.69) is 5.10 Å². The van der Waals surface area contributed by atoms with Gasteiger partial charge in [-0.25, -0.2) is 0 Å². The van der Waals surface area contributed by atoms with Crippen LogP contribution < -0.4 is 0 Å². The van der Waals surface area contributed by atoms with Crippen LogP contribution in [-0.4, -0.2) is 44.9 Å². The summed E-state index contributed by atoms with van der Waals surface area (Å²) < 4.78 is 1.81. The summed E-state index contributed by atoms with van der Waals surface area (Å²) >= 11 is 1.47. The third-order valence-electron chi connectivity index (χ3n) is 3.36. The lowest BCUT2D eigenvalue weighted by Crippen LogP contribution is -2.28. The van der Waals surface area contributed by atoms with Crippen molar-refractivity contribution in [1.82, 2.24) is 14.7 Å². The topological polar surface area (TPSA) is 58.4 Å². The molecule has 0 bridgehead atoms. The molecule has 0 spiro atoms. The van der Waals surface area contributed by atoms with E-state index in [1.807, 2.05) is 24.7 Å². The Kier molecular flexibility index (Phi) is 2.64. The van der Waals surface area contributed by atoms with Gasteiger partial charge in [-0.1, -0.05) is 0 Å². The van der Waals surface area contributed by atoms with Crippen LogP contribution in [0.2, 0.25) is 0 Å². The minimum Gasteiger partial charge on any atom is -0.391 e. The molecular weight excluding hydrogens is 250 g/mol. The highest BCUT2D eigenvalue weighted by Crippen LogP contribution is 2.29. The molecule has 1 N–H and O–H groups in total. The second kappa shape index (κ2) is 4.07. The molecule has 18 heavy (non-hydrogen) atoms. The lowest BCUT2D eigenvalue weighted by atomic mass is 10.3. The fourth-order valence-corrected chi connectivity index (χ4v) is 3.48. The summed E-state index contributed by atoms with van der Waals surface area (Å²) in [5.41, 5.74) is 0.948. The van der Waals surface area contributed by atoms with Crippen LogP contribution in [-0.2, 0) is 7.05 Å². The first kappa shape index (κ1) is 11.7. The molecule has 3 heterocycles. The smallest absolute Gasteiger partial charge is 0.264 e. The lowest BCUT2D eigenvalue weighted by Gasteiger charge is -2.13. The highest BCUT2D eigenvalue weighted by Gasteiger charge is 2.27. The summed E-state index contributed by atoms with van der Waals surface area (Å²) in [6.07, 6.45) is 0.309. The van der Waals surface area contributed by atoms with Crippen molar-refractivity contribution in [2.75, 3.05) is 13.1 Å². The van der Waals surface area contributed by atoms with Gasteiger partial charge in [0.1, 0.15) is 4.83 Å². The maximum Gasteiger partial charge on any atom is 0.264 e. The SMILES string of the molecule is Cc1nn(C)c2sc(C(=O)N3CC[C@@H](O)C3)cc12. The maximum absolute atomic E-state index is 12.3. The van der Waals surface area contributed by atoms with E-state index in [4.69, 9.17) is 0 Å². The van der Waals surface area contributed by atoms with Crippen LogP contribution >= 0.6 is 11.3 Å². The molecule has 1 amide bonds. The quantitative estimate of drug-likeness (QED) is 0.841. The van der Waals surface area contributed by atoms with E-state index >= 15 is 0 Å². The number of rotatable bonds is 1. The Morgan fingerprint density at radius 2 is 2.39 bits per heavy atom. The average molecular weight is 265 g/mol. The van der Waals surface area contributed by atoms with E-state index in [1.165, 1.54) is 11.3 Å². The zero-order valence-corrected chi connectivity index (χ0v) is 11.2. The molecule has 0 aliphatic carbocycles. The van der Waals surface area contributed by atoms with E-state index in [0.29, 0.717) is 19.5 Å². The molecule has 3 rings (SSSR count). The number of fused-ring (bicyclic) bond motifs is 1. The zero-order chi connectivity index (χ0) is 12.9. The van der Waals surface area contributed by atoms with Gasteiger partial charge in [0.2, 0.25) is 0 Å². The predicted octanol–water partition coefficient (Wildman–Crippen LogP) is 1.15. The van der Waals surface area contributed by atoms with Crippen LogP contribution in [0.5, 0.6) is 0 Å². The van der Waals surface area contributed by atoms with Crippen molar-refractivity contribution in [3.8, 4) is 0 Å². The minimum absolute atomic E-state index is 0.0205. The van der Waals surface area contributed by atoms with Gasteiger partial charge in [-0.15, -0.1) is 11.3 Å². The van der Waals surface area contributed by atoms with Gasteiger partial charge in [-0.3, -0.25) is 9.48 Å². The highest BCUT2D eigenvalue weighted by atomic mass is 32.1. The van der Waals surface area contributed by atoms with Crippen molar-refractivity contribution < 1.29 is 9.90 Å². The number of hydrogen-bond acceptors (Lipinski definition) is 4. The lowest BCUT2D eigenvalue weighted by molar-refractivity contribution is 0.0770.